The first-order chi connectivity index (χ1) is 32.6. The van der Waals surface area contributed by atoms with Gasteiger partial charge in [-0.3, -0.25) is 24.6 Å². The molecule has 3 N–H and O–H groups in total. The van der Waals surface area contributed by atoms with Gasteiger partial charge in [-0.25, -0.2) is 19.3 Å². The third-order valence-corrected chi connectivity index (χ3v) is 16.1. The summed E-state index contributed by atoms with van der Waals surface area (Å²) in [4.78, 5) is 60.2. The van der Waals surface area contributed by atoms with E-state index in [0.717, 1.165) is 93.6 Å². The first-order valence-electron chi connectivity index (χ1n) is 24.3. The normalized spacial score (nSPS) is 23.5. The van der Waals surface area contributed by atoms with Crippen LogP contribution in [0.15, 0.2) is 76.7 Å². The molecule has 2 aliphatic carbocycles. The number of hydrogen-bond donors (Lipinski definition) is 3. The van der Waals surface area contributed by atoms with Crippen LogP contribution in [0, 0.1) is 5.41 Å². The van der Waals surface area contributed by atoms with Crippen molar-refractivity contribution in [3.63, 3.8) is 0 Å². The number of benzene rings is 2. The monoisotopic (exact) mass is 903 g/mol. The number of carbonyl (C=O) groups excluding carboxylic acids is 2. The van der Waals surface area contributed by atoms with Gasteiger partial charge in [0.15, 0.2) is 17.0 Å². The van der Waals surface area contributed by atoms with Crippen LogP contribution in [-0.4, -0.2) is 108 Å². The van der Waals surface area contributed by atoms with E-state index in [4.69, 9.17) is 14.5 Å². The molecule has 67 heavy (non-hydrogen) atoms. The molecule has 6 aliphatic rings. The van der Waals surface area contributed by atoms with Crippen LogP contribution in [0.4, 0.5) is 17.3 Å². The number of carbonyl (C=O) groups is 2. The zero-order chi connectivity index (χ0) is 45.6. The van der Waals surface area contributed by atoms with Gasteiger partial charge in [-0.15, -0.1) is 6.58 Å². The predicted octanol–water partition coefficient (Wildman–Crippen LogP) is 5.65. The summed E-state index contributed by atoms with van der Waals surface area (Å²) in [7, 11) is 0. The molecule has 1 unspecified atom stereocenters. The minimum atomic E-state index is -0.989. The van der Waals surface area contributed by atoms with E-state index in [1.807, 2.05) is 19.1 Å². The molecule has 6 aromatic rings. The zero-order valence-corrected chi connectivity index (χ0v) is 38.0. The molecule has 4 aliphatic heterocycles. The van der Waals surface area contributed by atoms with Crippen molar-refractivity contribution in [2.24, 2.45) is 5.41 Å². The van der Waals surface area contributed by atoms with Gasteiger partial charge < -0.3 is 24.7 Å². The average molecular weight is 904 g/mol. The van der Waals surface area contributed by atoms with E-state index in [1.54, 1.807) is 21.6 Å². The average Bonchev–Trinajstić information content (AvgIpc) is 4.10. The van der Waals surface area contributed by atoms with Gasteiger partial charge in [0.05, 0.1) is 18.2 Å². The van der Waals surface area contributed by atoms with E-state index in [0.29, 0.717) is 72.0 Å². The quantitative estimate of drug-likeness (QED) is 0.114. The number of aliphatic hydroxyl groups is 1. The van der Waals surface area contributed by atoms with Crippen LogP contribution >= 0.6 is 0 Å². The highest BCUT2D eigenvalue weighted by atomic mass is 16.5. The second kappa shape index (κ2) is 16.2. The van der Waals surface area contributed by atoms with Crippen molar-refractivity contribution in [2.75, 3.05) is 49.5 Å². The number of fused-ring (bicyclic) bond motifs is 5. The van der Waals surface area contributed by atoms with Crippen LogP contribution in [0.1, 0.15) is 92.3 Å². The Morgan fingerprint density at radius 3 is 2.40 bits per heavy atom. The Morgan fingerprint density at radius 1 is 0.881 bits per heavy atom. The fourth-order valence-corrected chi connectivity index (χ4v) is 12.4. The summed E-state index contributed by atoms with van der Waals surface area (Å²) in [6.07, 6.45) is 12.7. The number of amides is 2. The number of likely N-dealkylation sites (tertiary alicyclic amines) is 2. The van der Waals surface area contributed by atoms with E-state index in [9.17, 15) is 19.5 Å². The molecule has 4 fully saturated rings. The first-order valence-corrected chi connectivity index (χ1v) is 24.3. The molecule has 12 rings (SSSR count). The highest BCUT2D eigenvalue weighted by molar-refractivity contribution is 6.02. The number of hydrogen-bond acceptors (Lipinski definition) is 13. The molecule has 346 valence electrons. The van der Waals surface area contributed by atoms with Crippen LogP contribution < -0.4 is 21.1 Å². The smallest absolute Gasteiger partial charge is 0.278 e. The Balaban J connectivity index is 0.641. The van der Waals surface area contributed by atoms with Crippen LogP contribution in [0.25, 0.3) is 27.8 Å². The Labute approximate surface area is 388 Å². The van der Waals surface area contributed by atoms with Gasteiger partial charge in [-0.1, -0.05) is 30.3 Å². The fourth-order valence-electron chi connectivity index (χ4n) is 12.4. The lowest BCUT2D eigenvalue weighted by molar-refractivity contribution is -0.134. The molecule has 16 heteroatoms. The van der Waals surface area contributed by atoms with E-state index < -0.39 is 11.5 Å². The fraction of sp³-hybridized carbons (Fsp3) is 0.471. The van der Waals surface area contributed by atoms with E-state index >= 15 is 0 Å². The summed E-state index contributed by atoms with van der Waals surface area (Å²) in [5.74, 6) is -0.0584. The molecule has 4 saturated heterocycles. The predicted molar refractivity (Wildman–Crippen MR) is 254 cm³/mol. The molecule has 2 amide bonds. The standard InChI is InChI=1S/C51H57N11O5/c1-3-21-61-48(65)40-28-52-49(56-46(40)62(61)41-13-6-31-15-20-51(66,4-2)45(31)54-41)53-33-7-9-34(10-8-33)58-22-16-35(17-23-58)59-24-18-36(19-25-59)60-29-50(30-60)26-32-5-11-37-43(57-67-44(37)39(32)27-50)38-12-14-42(63)55-47(38)64/h3,5-11,13,28,35-36,38,66H,1,4,12,14-27,29-30H2,2H3,(H,52,53,56)(H,55,63,64)/t38?,51-/m0/s1. The third kappa shape index (κ3) is 7.17. The third-order valence-electron chi connectivity index (χ3n) is 16.1. The lowest BCUT2D eigenvalue weighted by Gasteiger charge is -2.54. The number of nitrogens with zero attached hydrogens (tertiary/aromatic N) is 9. The van der Waals surface area contributed by atoms with Crippen LogP contribution in [0.2, 0.25) is 0 Å². The van der Waals surface area contributed by atoms with Crippen molar-refractivity contribution in [3.05, 3.63) is 106 Å². The molecule has 2 aromatic carbocycles. The molecule has 16 nitrogen and oxygen atoms in total. The Hall–Kier alpha value is -6.23. The number of allylic oxidation sites excluding steroid dienone is 1. The van der Waals surface area contributed by atoms with Crippen LogP contribution in [-0.2, 0) is 41.0 Å². The van der Waals surface area contributed by atoms with Crippen LogP contribution in [0.5, 0.6) is 0 Å². The topological polar surface area (TPSA) is 180 Å². The highest BCUT2D eigenvalue weighted by Gasteiger charge is 2.50. The number of aryl methyl sites for hydroxylation is 1. The maximum absolute atomic E-state index is 13.6. The molecular formula is C51H57N11O5. The van der Waals surface area contributed by atoms with E-state index in [1.165, 1.54) is 29.7 Å². The van der Waals surface area contributed by atoms with Gasteiger partial charge >= 0.3 is 0 Å². The lowest BCUT2D eigenvalue weighted by atomic mass is 9.75. The summed E-state index contributed by atoms with van der Waals surface area (Å²) >= 11 is 0. The Morgan fingerprint density at radius 2 is 1.64 bits per heavy atom. The summed E-state index contributed by atoms with van der Waals surface area (Å²) in [5.41, 5.74) is 7.28. The van der Waals surface area contributed by atoms with Gasteiger partial charge in [0.1, 0.15) is 16.7 Å². The lowest BCUT2D eigenvalue weighted by Crippen LogP contribution is -2.62. The van der Waals surface area contributed by atoms with Gasteiger partial charge in [0, 0.05) is 78.6 Å². The first kappa shape index (κ1) is 42.1. The van der Waals surface area contributed by atoms with E-state index in [-0.39, 0.29) is 29.3 Å². The Bertz CT molecular complexity index is 3010. The van der Waals surface area contributed by atoms with E-state index in [2.05, 4.69) is 78.5 Å². The van der Waals surface area contributed by atoms with Gasteiger partial charge in [-0.2, -0.15) is 4.98 Å². The molecule has 0 saturated carbocycles. The molecule has 2 atom stereocenters. The zero-order valence-electron chi connectivity index (χ0n) is 38.0. The molecule has 0 bridgehead atoms. The number of nitrogens with one attached hydrogen (secondary N) is 2. The van der Waals surface area contributed by atoms with Gasteiger partial charge in [-0.05, 0) is 125 Å². The van der Waals surface area contributed by atoms with Crippen molar-refractivity contribution in [1.29, 1.82) is 0 Å². The number of piperidine rings is 3. The SMILES string of the molecule is C=CCn1c(=O)c2cnc(Nc3ccc(N4CCC(N5CCC(N6CC7(Cc8ccc9c(C%10CCC(=O)NC%10=O)noc9c8C7)C6)CC5)CC4)cc3)nc2n1-c1ccc2c(n1)[C@](O)(CC)CC2. The maximum atomic E-state index is 13.6. The van der Waals surface area contributed by atoms with Crippen molar-refractivity contribution in [3.8, 4) is 5.82 Å². The second-order valence-corrected chi connectivity index (χ2v) is 20.0. The number of imide groups is 1. The number of pyridine rings is 1. The van der Waals surface area contributed by atoms with Gasteiger partial charge in [0.2, 0.25) is 17.8 Å². The Kier molecular flexibility index (Phi) is 10.2. The molecule has 4 aromatic heterocycles. The molecule has 8 heterocycles. The minimum Gasteiger partial charge on any atom is -0.384 e. The second-order valence-electron chi connectivity index (χ2n) is 20.0. The number of rotatable bonds is 10. The highest BCUT2D eigenvalue weighted by Crippen LogP contribution is 2.48. The summed E-state index contributed by atoms with van der Waals surface area (Å²) < 4.78 is 9.22. The molecular weight excluding hydrogens is 847 g/mol. The van der Waals surface area contributed by atoms with Crippen molar-refractivity contribution in [1.82, 2.24) is 44.6 Å². The largest absolute Gasteiger partial charge is 0.384 e. The number of aromatic nitrogens is 6. The van der Waals surface area contributed by atoms with Crippen LogP contribution in [0.3, 0.4) is 0 Å². The molecule has 0 radical (unpaired) electrons. The maximum Gasteiger partial charge on any atom is 0.278 e. The summed E-state index contributed by atoms with van der Waals surface area (Å²) in [6, 6.07) is 17.8. The summed E-state index contributed by atoms with van der Waals surface area (Å²) in [6.45, 7) is 12.7. The number of anilines is 3. The van der Waals surface area contributed by atoms with Crippen molar-refractivity contribution >= 4 is 51.1 Å². The van der Waals surface area contributed by atoms with Crippen molar-refractivity contribution in [2.45, 2.75) is 108 Å². The van der Waals surface area contributed by atoms with Crippen molar-refractivity contribution < 1.29 is 19.2 Å². The summed E-state index contributed by atoms with van der Waals surface area (Å²) in [5, 5.41) is 22.8. The van der Waals surface area contributed by atoms with Gasteiger partial charge in [0.25, 0.3) is 5.56 Å². The molecule has 1 spiro atoms. The minimum absolute atomic E-state index is 0.220.